The molecule has 0 spiro atoms. The summed E-state index contributed by atoms with van der Waals surface area (Å²) in [6.45, 7) is 4.49. The van der Waals surface area contributed by atoms with Gasteiger partial charge in [-0.1, -0.05) is 66.7 Å². The number of benzene rings is 2. The van der Waals surface area contributed by atoms with Gasteiger partial charge in [-0.05, 0) is 61.1 Å². The highest BCUT2D eigenvalue weighted by atomic mass is 35.5. The Labute approximate surface area is 243 Å². The molecule has 2 N–H and O–H groups in total. The number of halogens is 1. The van der Waals surface area contributed by atoms with Crippen LogP contribution < -0.4 is 0 Å². The summed E-state index contributed by atoms with van der Waals surface area (Å²) in [6.07, 6.45) is 8.05. The van der Waals surface area contributed by atoms with Crippen LogP contribution >= 0.6 is 11.6 Å². The molecule has 1 aliphatic heterocycles. The fourth-order valence-corrected chi connectivity index (χ4v) is 6.24. The molecule has 218 valence electrons. The Bertz CT molecular complexity index is 1040. The predicted molar refractivity (Wildman–Crippen MR) is 158 cm³/mol. The molecule has 1 unspecified atom stereocenters. The Hall–Kier alpha value is -2.22. The lowest BCUT2D eigenvalue weighted by Crippen LogP contribution is -2.38. The summed E-state index contributed by atoms with van der Waals surface area (Å²) in [4.78, 5) is 14.3. The zero-order valence-corrected chi connectivity index (χ0v) is 24.1. The van der Waals surface area contributed by atoms with Gasteiger partial charge in [0, 0.05) is 37.4 Å². The fraction of sp³-hybridized carbons (Fsp3) is 0.545. The third-order valence-electron chi connectivity index (χ3n) is 8.16. The number of aliphatic hydroxyl groups is 2. The van der Waals surface area contributed by atoms with Gasteiger partial charge in [-0.25, -0.2) is 0 Å². The van der Waals surface area contributed by atoms with Gasteiger partial charge in [0.1, 0.15) is 6.61 Å². The van der Waals surface area contributed by atoms with Crippen molar-refractivity contribution in [1.29, 1.82) is 0 Å². The van der Waals surface area contributed by atoms with Crippen molar-refractivity contribution in [2.24, 2.45) is 5.92 Å². The molecular weight excluding hydrogens is 526 g/mol. The number of alkyl halides is 1. The number of carbonyl (C=O) groups is 1. The quantitative estimate of drug-likeness (QED) is 0.137. The molecule has 0 amide bonds. The van der Waals surface area contributed by atoms with Crippen molar-refractivity contribution in [3.63, 3.8) is 0 Å². The molecule has 6 nitrogen and oxygen atoms in total. The number of morpholine rings is 1. The van der Waals surface area contributed by atoms with Gasteiger partial charge >= 0.3 is 5.97 Å². The molecule has 1 saturated carbocycles. The predicted octanol–water partition coefficient (Wildman–Crippen LogP) is 5.42. The molecule has 2 fully saturated rings. The summed E-state index contributed by atoms with van der Waals surface area (Å²) in [5.74, 6) is -0.0499. The zero-order chi connectivity index (χ0) is 28.2. The maximum Gasteiger partial charge on any atom is 0.305 e. The monoisotopic (exact) mass is 569 g/mol. The second-order valence-electron chi connectivity index (χ2n) is 11.0. The Kier molecular flexibility index (Phi) is 12.5. The number of aliphatic hydroxyl groups excluding tert-OH is 2. The summed E-state index contributed by atoms with van der Waals surface area (Å²) in [6, 6.07) is 18.2. The SMILES string of the molecule is O=C(CCC/C=C\C[C@@H]1[C@@H](c2ccc(C(O)CCc3ccccc3)cc2)[C@H](O)C[C@H]1Cl)OCCN1CCOCC1. The first-order valence-electron chi connectivity index (χ1n) is 14.8. The fourth-order valence-electron chi connectivity index (χ4n) is 5.80. The number of unbranched alkanes of at least 4 members (excludes halogenated alkanes) is 1. The molecule has 0 bridgehead atoms. The maximum absolute atomic E-state index is 12.0. The van der Waals surface area contributed by atoms with Crippen molar-refractivity contribution in [1.82, 2.24) is 4.90 Å². The summed E-state index contributed by atoms with van der Waals surface area (Å²) in [5, 5.41) is 21.4. The lowest BCUT2D eigenvalue weighted by atomic mass is 9.84. The van der Waals surface area contributed by atoms with E-state index < -0.39 is 12.2 Å². The van der Waals surface area contributed by atoms with Gasteiger partial charge in [0.2, 0.25) is 0 Å². The van der Waals surface area contributed by atoms with E-state index in [0.717, 1.165) is 69.7 Å². The number of allylic oxidation sites excluding steroid dienone is 2. The average Bonchev–Trinajstić information content (AvgIpc) is 3.26. The normalized spacial score (nSPS) is 24.4. The summed E-state index contributed by atoms with van der Waals surface area (Å²) in [7, 11) is 0. The van der Waals surface area contributed by atoms with Gasteiger partial charge in [0.25, 0.3) is 0 Å². The Morgan fingerprint density at radius 2 is 1.85 bits per heavy atom. The maximum atomic E-state index is 12.0. The van der Waals surface area contributed by atoms with Gasteiger partial charge in [-0.2, -0.15) is 0 Å². The molecule has 4 rings (SSSR count). The number of hydrogen-bond donors (Lipinski definition) is 2. The molecule has 0 aromatic heterocycles. The van der Waals surface area contributed by atoms with E-state index in [-0.39, 0.29) is 23.2 Å². The number of nitrogens with zero attached hydrogens (tertiary/aromatic N) is 1. The Morgan fingerprint density at radius 1 is 1.10 bits per heavy atom. The first-order valence-corrected chi connectivity index (χ1v) is 15.2. The van der Waals surface area contributed by atoms with Crippen molar-refractivity contribution < 1.29 is 24.5 Å². The minimum atomic E-state index is -0.524. The highest BCUT2D eigenvalue weighted by Crippen LogP contribution is 2.45. The van der Waals surface area contributed by atoms with Crippen molar-refractivity contribution in [3.8, 4) is 0 Å². The van der Waals surface area contributed by atoms with Crippen LogP contribution in [0.4, 0.5) is 0 Å². The minimum absolute atomic E-state index is 0.0379. The lowest BCUT2D eigenvalue weighted by Gasteiger charge is -2.26. The molecular formula is C33H44ClNO5. The summed E-state index contributed by atoms with van der Waals surface area (Å²) in [5.41, 5.74) is 3.18. The number of carbonyl (C=O) groups excluding carboxylic acids is 1. The van der Waals surface area contributed by atoms with E-state index in [1.165, 1.54) is 5.56 Å². The third-order valence-corrected chi connectivity index (χ3v) is 8.67. The second kappa shape index (κ2) is 16.3. The number of hydrogen-bond acceptors (Lipinski definition) is 6. The largest absolute Gasteiger partial charge is 0.464 e. The van der Waals surface area contributed by atoms with Gasteiger partial charge < -0.3 is 19.7 Å². The van der Waals surface area contributed by atoms with E-state index in [2.05, 4.69) is 29.2 Å². The average molecular weight is 570 g/mol. The van der Waals surface area contributed by atoms with Crippen LogP contribution in [0.3, 0.4) is 0 Å². The van der Waals surface area contributed by atoms with E-state index in [9.17, 15) is 15.0 Å². The van der Waals surface area contributed by atoms with Crippen LogP contribution in [0.2, 0.25) is 0 Å². The van der Waals surface area contributed by atoms with Crippen LogP contribution in [0, 0.1) is 5.92 Å². The van der Waals surface area contributed by atoms with Gasteiger partial charge in [0.15, 0.2) is 0 Å². The van der Waals surface area contributed by atoms with Crippen molar-refractivity contribution in [2.45, 2.75) is 68.4 Å². The van der Waals surface area contributed by atoms with E-state index >= 15 is 0 Å². The van der Waals surface area contributed by atoms with Crippen LogP contribution in [0.5, 0.6) is 0 Å². The van der Waals surface area contributed by atoms with Crippen LogP contribution in [-0.2, 0) is 20.7 Å². The van der Waals surface area contributed by atoms with Crippen LogP contribution in [-0.4, -0.2) is 72.0 Å². The van der Waals surface area contributed by atoms with Crippen LogP contribution in [0.15, 0.2) is 66.7 Å². The highest BCUT2D eigenvalue weighted by Gasteiger charge is 2.41. The number of aryl methyl sites for hydroxylation is 1. The topological polar surface area (TPSA) is 79.2 Å². The minimum Gasteiger partial charge on any atom is -0.464 e. The van der Waals surface area contributed by atoms with E-state index in [0.29, 0.717) is 25.9 Å². The zero-order valence-electron chi connectivity index (χ0n) is 23.4. The smallest absolute Gasteiger partial charge is 0.305 e. The first kappa shape index (κ1) is 30.7. The molecule has 2 aromatic rings. The van der Waals surface area contributed by atoms with E-state index in [1.807, 2.05) is 42.5 Å². The van der Waals surface area contributed by atoms with Crippen molar-refractivity contribution in [2.75, 3.05) is 39.5 Å². The molecule has 1 heterocycles. The van der Waals surface area contributed by atoms with Gasteiger partial charge in [-0.3, -0.25) is 9.69 Å². The van der Waals surface area contributed by atoms with E-state index in [4.69, 9.17) is 21.1 Å². The third kappa shape index (κ3) is 9.42. The Balaban J connectivity index is 1.18. The lowest BCUT2D eigenvalue weighted by molar-refractivity contribution is -0.144. The number of esters is 1. The molecule has 7 heteroatoms. The molecule has 40 heavy (non-hydrogen) atoms. The number of ether oxygens (including phenoxy) is 2. The van der Waals surface area contributed by atoms with Crippen LogP contribution in [0.1, 0.15) is 67.2 Å². The highest BCUT2D eigenvalue weighted by molar-refractivity contribution is 6.21. The van der Waals surface area contributed by atoms with Crippen molar-refractivity contribution >= 4 is 17.6 Å². The standard InChI is InChI=1S/C33H44ClNO5/c34-29-24-31(37)33(27-15-13-26(14-16-27)30(36)17-12-25-8-4-3-5-9-25)28(29)10-6-1-2-7-11-32(38)40-23-20-35-18-21-39-22-19-35/h1,3-6,8-9,13-16,28-31,33,36-37H,2,7,10-12,17-24H2/b6-1-/t28-,29+,30?,31+,33+/m0/s1. The second-order valence-corrected chi connectivity index (χ2v) is 11.5. The van der Waals surface area contributed by atoms with E-state index in [1.54, 1.807) is 0 Å². The molecule has 1 aliphatic carbocycles. The molecule has 2 aliphatic rings. The van der Waals surface area contributed by atoms with Crippen molar-refractivity contribution in [3.05, 3.63) is 83.4 Å². The summed E-state index contributed by atoms with van der Waals surface area (Å²) >= 11 is 6.68. The molecule has 1 saturated heterocycles. The molecule has 5 atom stereocenters. The van der Waals surface area contributed by atoms with Gasteiger partial charge in [-0.15, -0.1) is 11.6 Å². The number of rotatable bonds is 14. The Morgan fingerprint density at radius 3 is 2.60 bits per heavy atom. The molecule has 0 radical (unpaired) electrons. The van der Waals surface area contributed by atoms with Crippen LogP contribution in [0.25, 0.3) is 0 Å². The summed E-state index contributed by atoms with van der Waals surface area (Å²) < 4.78 is 10.7. The van der Waals surface area contributed by atoms with Gasteiger partial charge in [0.05, 0.1) is 25.4 Å². The first-order chi connectivity index (χ1) is 19.5. The molecule has 2 aromatic carbocycles.